The molecule has 0 unspecified atom stereocenters. The highest BCUT2D eigenvalue weighted by Gasteiger charge is 2.21. The van der Waals surface area contributed by atoms with Gasteiger partial charge in [-0.2, -0.15) is 0 Å². The summed E-state index contributed by atoms with van der Waals surface area (Å²) in [6.45, 7) is 3.67. The lowest BCUT2D eigenvalue weighted by Crippen LogP contribution is -2.30. The maximum absolute atomic E-state index is 12.6. The SMILES string of the molecule is Cc1ccc([C@@H](CNS(=O)(=O)c2cccc(Cl)c2C)OCCO)cc1. The third-order valence-corrected chi connectivity index (χ3v) is 5.80. The number of aryl methyl sites for hydroxylation is 1. The van der Waals surface area contributed by atoms with Crippen molar-refractivity contribution in [2.45, 2.75) is 24.8 Å². The molecule has 25 heavy (non-hydrogen) atoms. The van der Waals surface area contributed by atoms with Crippen LogP contribution in [0, 0.1) is 13.8 Å². The van der Waals surface area contributed by atoms with Crippen molar-refractivity contribution < 1.29 is 18.3 Å². The summed E-state index contributed by atoms with van der Waals surface area (Å²) in [6.07, 6.45) is -0.498. The number of rotatable bonds is 8. The van der Waals surface area contributed by atoms with Crippen LogP contribution in [0.25, 0.3) is 0 Å². The molecule has 2 aromatic rings. The average molecular weight is 384 g/mol. The second-order valence-corrected chi connectivity index (χ2v) is 7.85. The normalized spacial score (nSPS) is 13.0. The first-order valence-corrected chi connectivity index (χ1v) is 9.75. The molecule has 0 aliphatic heterocycles. The lowest BCUT2D eigenvalue weighted by atomic mass is 10.1. The van der Waals surface area contributed by atoms with Crippen LogP contribution in [-0.2, 0) is 14.8 Å². The van der Waals surface area contributed by atoms with Gasteiger partial charge in [-0.1, -0.05) is 47.5 Å². The summed E-state index contributed by atoms with van der Waals surface area (Å²) in [4.78, 5) is 0.143. The third-order valence-electron chi connectivity index (χ3n) is 3.83. The molecular weight excluding hydrogens is 362 g/mol. The number of hydrogen-bond donors (Lipinski definition) is 2. The van der Waals surface area contributed by atoms with Crippen LogP contribution in [0.1, 0.15) is 22.8 Å². The van der Waals surface area contributed by atoms with Crippen molar-refractivity contribution in [1.82, 2.24) is 4.72 Å². The van der Waals surface area contributed by atoms with Crippen LogP contribution in [-0.4, -0.2) is 33.3 Å². The van der Waals surface area contributed by atoms with Gasteiger partial charge < -0.3 is 9.84 Å². The standard InChI is InChI=1S/C18H22ClNO4S/c1-13-6-8-15(9-7-13)17(24-11-10-21)12-20-25(22,23)18-5-3-4-16(19)14(18)2/h3-9,17,20-21H,10-12H2,1-2H3/t17-/m1/s1. The summed E-state index contributed by atoms with van der Waals surface area (Å²) >= 11 is 6.02. The van der Waals surface area contributed by atoms with E-state index in [0.717, 1.165) is 11.1 Å². The van der Waals surface area contributed by atoms with Crippen LogP contribution in [0.15, 0.2) is 47.4 Å². The summed E-state index contributed by atoms with van der Waals surface area (Å²) in [6, 6.07) is 12.4. The van der Waals surface area contributed by atoms with E-state index in [1.165, 1.54) is 6.07 Å². The molecule has 0 aromatic heterocycles. The maximum Gasteiger partial charge on any atom is 0.240 e. The topological polar surface area (TPSA) is 75.6 Å². The zero-order valence-corrected chi connectivity index (χ0v) is 15.8. The molecule has 2 aromatic carbocycles. The molecule has 0 spiro atoms. The Balaban J connectivity index is 2.18. The van der Waals surface area contributed by atoms with Crippen molar-refractivity contribution >= 4 is 21.6 Å². The van der Waals surface area contributed by atoms with Gasteiger partial charge in [0, 0.05) is 11.6 Å². The zero-order chi connectivity index (χ0) is 18.4. The smallest absolute Gasteiger partial charge is 0.240 e. The van der Waals surface area contributed by atoms with E-state index in [4.69, 9.17) is 21.4 Å². The number of halogens is 1. The predicted octanol–water partition coefficient (Wildman–Crippen LogP) is 2.99. The van der Waals surface area contributed by atoms with Crippen LogP contribution < -0.4 is 4.72 Å². The van der Waals surface area contributed by atoms with Crippen molar-refractivity contribution in [2.75, 3.05) is 19.8 Å². The Morgan fingerprint density at radius 2 is 1.84 bits per heavy atom. The van der Waals surface area contributed by atoms with Crippen molar-refractivity contribution in [1.29, 1.82) is 0 Å². The highest BCUT2D eigenvalue weighted by molar-refractivity contribution is 7.89. The van der Waals surface area contributed by atoms with E-state index in [2.05, 4.69) is 4.72 Å². The summed E-state index contributed by atoms with van der Waals surface area (Å²) in [5.41, 5.74) is 2.43. The van der Waals surface area contributed by atoms with Gasteiger partial charge in [0.15, 0.2) is 0 Å². The number of aliphatic hydroxyl groups excluding tert-OH is 1. The molecule has 0 aliphatic rings. The predicted molar refractivity (Wildman–Crippen MR) is 98.3 cm³/mol. The first-order chi connectivity index (χ1) is 11.8. The van der Waals surface area contributed by atoms with Crippen molar-refractivity contribution in [3.8, 4) is 0 Å². The minimum Gasteiger partial charge on any atom is -0.394 e. The number of nitrogens with one attached hydrogen (secondary N) is 1. The summed E-state index contributed by atoms with van der Waals surface area (Å²) < 4.78 is 33.4. The van der Waals surface area contributed by atoms with Gasteiger partial charge in [0.05, 0.1) is 24.2 Å². The van der Waals surface area contributed by atoms with Crippen molar-refractivity contribution in [3.05, 3.63) is 64.2 Å². The van der Waals surface area contributed by atoms with E-state index in [1.54, 1.807) is 19.1 Å². The number of sulfonamides is 1. The molecular formula is C18H22ClNO4S. The van der Waals surface area contributed by atoms with Crippen LogP contribution >= 0.6 is 11.6 Å². The fraction of sp³-hybridized carbons (Fsp3) is 0.333. The van der Waals surface area contributed by atoms with E-state index in [9.17, 15) is 8.42 Å². The fourth-order valence-corrected chi connectivity index (χ4v) is 3.92. The molecule has 136 valence electrons. The quantitative estimate of drug-likeness (QED) is 0.734. The van der Waals surface area contributed by atoms with E-state index in [1.807, 2.05) is 31.2 Å². The van der Waals surface area contributed by atoms with E-state index in [0.29, 0.717) is 10.6 Å². The lowest BCUT2D eigenvalue weighted by Gasteiger charge is -2.19. The number of benzene rings is 2. The van der Waals surface area contributed by atoms with E-state index < -0.39 is 16.1 Å². The van der Waals surface area contributed by atoms with Gasteiger partial charge in [0.25, 0.3) is 0 Å². The first kappa shape index (κ1) is 19.9. The Kier molecular flexibility index (Phi) is 6.98. The highest BCUT2D eigenvalue weighted by atomic mass is 35.5. The molecule has 0 aliphatic carbocycles. The van der Waals surface area contributed by atoms with Crippen LogP contribution in [0.5, 0.6) is 0 Å². The van der Waals surface area contributed by atoms with Gasteiger partial charge >= 0.3 is 0 Å². The number of hydrogen-bond acceptors (Lipinski definition) is 4. The average Bonchev–Trinajstić information content (AvgIpc) is 2.58. The second-order valence-electron chi connectivity index (χ2n) is 5.71. The van der Waals surface area contributed by atoms with Gasteiger partial charge in [0.2, 0.25) is 10.0 Å². The van der Waals surface area contributed by atoms with Gasteiger partial charge in [-0.05, 0) is 37.1 Å². The Morgan fingerprint density at radius 1 is 1.16 bits per heavy atom. The van der Waals surface area contributed by atoms with E-state index >= 15 is 0 Å². The molecule has 2 N–H and O–H groups in total. The van der Waals surface area contributed by atoms with E-state index in [-0.39, 0.29) is 24.7 Å². The first-order valence-electron chi connectivity index (χ1n) is 7.89. The lowest BCUT2D eigenvalue weighted by molar-refractivity contribution is 0.0309. The van der Waals surface area contributed by atoms with Gasteiger partial charge in [-0.15, -0.1) is 0 Å². The third kappa shape index (κ3) is 5.26. The molecule has 0 fully saturated rings. The molecule has 0 heterocycles. The Bertz CT molecular complexity index is 806. The number of aliphatic hydroxyl groups is 1. The van der Waals surface area contributed by atoms with Crippen molar-refractivity contribution in [3.63, 3.8) is 0 Å². The Morgan fingerprint density at radius 3 is 2.48 bits per heavy atom. The van der Waals surface area contributed by atoms with Gasteiger partial charge in [-0.3, -0.25) is 0 Å². The monoisotopic (exact) mass is 383 g/mol. The molecule has 0 bridgehead atoms. The van der Waals surface area contributed by atoms with Gasteiger partial charge in [-0.25, -0.2) is 13.1 Å². The Hall–Kier alpha value is -1.44. The fourth-order valence-electron chi connectivity index (χ4n) is 2.39. The summed E-state index contributed by atoms with van der Waals surface area (Å²) in [5.74, 6) is 0. The molecule has 0 saturated heterocycles. The van der Waals surface area contributed by atoms with Gasteiger partial charge in [0.1, 0.15) is 0 Å². The highest BCUT2D eigenvalue weighted by Crippen LogP contribution is 2.23. The molecule has 0 amide bonds. The van der Waals surface area contributed by atoms with Crippen LogP contribution in [0.3, 0.4) is 0 Å². The molecule has 2 rings (SSSR count). The molecule has 5 nitrogen and oxygen atoms in total. The van der Waals surface area contributed by atoms with Crippen molar-refractivity contribution in [2.24, 2.45) is 0 Å². The largest absolute Gasteiger partial charge is 0.394 e. The minimum atomic E-state index is -3.73. The molecule has 1 atom stereocenters. The summed E-state index contributed by atoms with van der Waals surface area (Å²) in [5, 5.41) is 9.40. The summed E-state index contributed by atoms with van der Waals surface area (Å²) in [7, 11) is -3.73. The molecule has 7 heteroatoms. The Labute approximate surface area is 153 Å². The van der Waals surface area contributed by atoms with Crippen LogP contribution in [0.2, 0.25) is 5.02 Å². The molecule has 0 saturated carbocycles. The second kappa shape index (κ2) is 8.78. The minimum absolute atomic E-state index is 0.0529. The zero-order valence-electron chi connectivity index (χ0n) is 14.2. The van der Waals surface area contributed by atoms with Crippen LogP contribution in [0.4, 0.5) is 0 Å². The number of ether oxygens (including phenoxy) is 1. The molecule has 0 radical (unpaired) electrons. The maximum atomic E-state index is 12.6.